The Morgan fingerprint density at radius 1 is 1.50 bits per heavy atom. The Morgan fingerprint density at radius 2 is 2.25 bits per heavy atom. The van der Waals surface area contributed by atoms with Crippen LogP contribution in [-0.2, 0) is 6.54 Å². The van der Waals surface area contributed by atoms with Gasteiger partial charge in [-0.15, -0.1) is 0 Å². The highest BCUT2D eigenvalue weighted by molar-refractivity contribution is 5.93. The largest absolute Gasteiger partial charge is 0.490 e. The zero-order chi connectivity index (χ0) is 14.7. The van der Waals surface area contributed by atoms with Crippen molar-refractivity contribution >= 4 is 11.5 Å². The minimum absolute atomic E-state index is 0.0723. The molecule has 104 valence electrons. The summed E-state index contributed by atoms with van der Waals surface area (Å²) in [4.78, 5) is 21.6. The molecule has 20 heavy (non-hydrogen) atoms. The van der Waals surface area contributed by atoms with Gasteiger partial charge in [-0.05, 0) is 18.6 Å². The van der Waals surface area contributed by atoms with Crippen LogP contribution in [0.15, 0.2) is 30.6 Å². The number of hydrogen-bond acceptors (Lipinski definition) is 5. The number of ketones is 1. The van der Waals surface area contributed by atoms with E-state index in [1.807, 2.05) is 0 Å². The van der Waals surface area contributed by atoms with Gasteiger partial charge in [-0.3, -0.25) is 19.6 Å². The van der Waals surface area contributed by atoms with Crippen LogP contribution in [0, 0.1) is 10.1 Å². The van der Waals surface area contributed by atoms with Gasteiger partial charge in [0.1, 0.15) is 0 Å². The van der Waals surface area contributed by atoms with E-state index in [1.165, 1.54) is 26.3 Å². The van der Waals surface area contributed by atoms with Crippen molar-refractivity contribution in [2.24, 2.45) is 0 Å². The number of carbonyl (C=O) groups is 1. The average Bonchev–Trinajstić information content (AvgIpc) is 2.87. The van der Waals surface area contributed by atoms with E-state index in [0.29, 0.717) is 17.7 Å². The van der Waals surface area contributed by atoms with Gasteiger partial charge < -0.3 is 4.74 Å². The highest BCUT2D eigenvalue weighted by atomic mass is 16.6. The number of rotatable bonds is 5. The number of hydrogen-bond donors (Lipinski definition) is 0. The second-order valence-electron chi connectivity index (χ2n) is 4.25. The molecule has 0 N–H and O–H groups in total. The summed E-state index contributed by atoms with van der Waals surface area (Å²) in [6.45, 7) is 1.80. The first-order chi connectivity index (χ1) is 9.51. The van der Waals surface area contributed by atoms with E-state index in [-0.39, 0.29) is 17.2 Å². The van der Waals surface area contributed by atoms with Crippen molar-refractivity contribution in [3.8, 4) is 5.75 Å². The lowest BCUT2D eigenvalue weighted by atomic mass is 10.2. The molecule has 0 bridgehead atoms. The van der Waals surface area contributed by atoms with Crippen LogP contribution in [0.1, 0.15) is 22.8 Å². The number of nitro groups is 1. The topological polar surface area (TPSA) is 87.3 Å². The van der Waals surface area contributed by atoms with Crippen LogP contribution >= 0.6 is 0 Å². The predicted molar refractivity (Wildman–Crippen MR) is 71.0 cm³/mol. The van der Waals surface area contributed by atoms with Gasteiger partial charge >= 0.3 is 5.69 Å². The van der Waals surface area contributed by atoms with Crippen LogP contribution in [0.3, 0.4) is 0 Å². The molecule has 0 aliphatic carbocycles. The van der Waals surface area contributed by atoms with Gasteiger partial charge in [0.25, 0.3) is 0 Å². The van der Waals surface area contributed by atoms with Crippen LogP contribution in [-0.4, -0.2) is 27.6 Å². The molecule has 0 atom stereocenters. The fourth-order valence-corrected chi connectivity index (χ4v) is 1.80. The molecule has 0 amide bonds. The van der Waals surface area contributed by atoms with Crippen molar-refractivity contribution in [1.82, 2.24) is 9.78 Å². The van der Waals surface area contributed by atoms with Crippen LogP contribution in [0.2, 0.25) is 0 Å². The summed E-state index contributed by atoms with van der Waals surface area (Å²) < 4.78 is 6.50. The van der Waals surface area contributed by atoms with Crippen LogP contribution < -0.4 is 4.74 Å². The summed E-state index contributed by atoms with van der Waals surface area (Å²) in [7, 11) is 1.38. The normalized spacial score (nSPS) is 10.3. The molecule has 2 rings (SSSR count). The number of nitro benzene ring substituents is 1. The van der Waals surface area contributed by atoms with E-state index in [9.17, 15) is 14.9 Å². The molecule has 0 aliphatic heterocycles. The fraction of sp³-hybridized carbons (Fsp3) is 0.231. The van der Waals surface area contributed by atoms with E-state index in [0.717, 1.165) is 0 Å². The van der Waals surface area contributed by atoms with E-state index >= 15 is 0 Å². The molecule has 7 nitrogen and oxygen atoms in total. The maximum absolute atomic E-state index is 11.2. The minimum Gasteiger partial charge on any atom is -0.490 e. The number of Topliss-reactive ketones (excluding diaryl/α,β-unsaturated/α-hetero) is 1. The summed E-state index contributed by atoms with van der Waals surface area (Å²) >= 11 is 0. The van der Waals surface area contributed by atoms with Crippen LogP contribution in [0.5, 0.6) is 5.75 Å². The molecule has 0 saturated heterocycles. The molecule has 1 aromatic heterocycles. The molecule has 0 radical (unpaired) electrons. The first kappa shape index (κ1) is 13.7. The summed E-state index contributed by atoms with van der Waals surface area (Å²) in [6, 6.07) is 4.71. The molecule has 2 aromatic rings. The van der Waals surface area contributed by atoms with Crippen molar-refractivity contribution in [2.45, 2.75) is 13.5 Å². The number of benzene rings is 1. The molecule has 1 heterocycles. The smallest absolute Gasteiger partial charge is 0.311 e. The molecule has 0 unspecified atom stereocenters. The fourth-order valence-electron chi connectivity index (χ4n) is 1.80. The summed E-state index contributed by atoms with van der Waals surface area (Å²) in [6.07, 6.45) is 3.08. The first-order valence-electron chi connectivity index (χ1n) is 5.86. The molecule has 0 saturated carbocycles. The van der Waals surface area contributed by atoms with Gasteiger partial charge in [0, 0.05) is 12.3 Å². The third-order valence-electron chi connectivity index (χ3n) is 2.82. The zero-order valence-corrected chi connectivity index (χ0v) is 11.1. The molecule has 0 spiro atoms. The number of carbonyl (C=O) groups excluding carboxylic acids is 1. The summed E-state index contributed by atoms with van der Waals surface area (Å²) in [5.74, 6) is 0.139. The Labute approximate surface area is 114 Å². The molecular formula is C13H13N3O4. The standard InChI is InChI=1S/C13H13N3O4/c1-9(17)11-6-14-15(8-11)7-10-3-4-13(20-2)12(5-10)16(18)19/h3-6,8H,7H2,1-2H3. The lowest BCUT2D eigenvalue weighted by Gasteiger charge is -2.05. The van der Waals surface area contributed by atoms with Gasteiger partial charge in [0.2, 0.25) is 0 Å². The van der Waals surface area contributed by atoms with Crippen molar-refractivity contribution < 1.29 is 14.5 Å². The first-order valence-corrected chi connectivity index (χ1v) is 5.86. The summed E-state index contributed by atoms with van der Waals surface area (Å²) in [5, 5.41) is 15.0. The monoisotopic (exact) mass is 275 g/mol. The van der Waals surface area contributed by atoms with Gasteiger partial charge in [-0.25, -0.2) is 0 Å². The average molecular weight is 275 g/mol. The molecule has 7 heteroatoms. The van der Waals surface area contributed by atoms with Gasteiger partial charge in [-0.1, -0.05) is 6.07 Å². The molecule has 1 aromatic carbocycles. The number of aromatic nitrogens is 2. The van der Waals surface area contributed by atoms with Crippen molar-refractivity contribution in [1.29, 1.82) is 0 Å². The maximum Gasteiger partial charge on any atom is 0.311 e. The van der Waals surface area contributed by atoms with Crippen LogP contribution in [0.4, 0.5) is 5.69 Å². The summed E-state index contributed by atoms with van der Waals surface area (Å²) in [5.41, 5.74) is 1.12. The maximum atomic E-state index is 11.2. The second-order valence-corrected chi connectivity index (χ2v) is 4.25. The molecule has 0 aliphatic rings. The Hall–Kier alpha value is -2.70. The highest BCUT2D eigenvalue weighted by Gasteiger charge is 2.15. The SMILES string of the molecule is COc1ccc(Cn2cc(C(C)=O)cn2)cc1[N+](=O)[O-]. The van der Waals surface area contributed by atoms with Gasteiger partial charge in [0.15, 0.2) is 11.5 Å². The lowest BCUT2D eigenvalue weighted by molar-refractivity contribution is -0.385. The Balaban J connectivity index is 2.26. The Bertz CT molecular complexity index is 663. The van der Waals surface area contributed by atoms with E-state index in [1.54, 1.807) is 23.0 Å². The van der Waals surface area contributed by atoms with Crippen molar-refractivity contribution in [3.63, 3.8) is 0 Å². The van der Waals surface area contributed by atoms with E-state index < -0.39 is 4.92 Å². The number of ether oxygens (including phenoxy) is 1. The van der Waals surface area contributed by atoms with Gasteiger partial charge in [-0.2, -0.15) is 5.10 Å². The molecule has 0 fully saturated rings. The van der Waals surface area contributed by atoms with Crippen molar-refractivity contribution in [3.05, 3.63) is 51.8 Å². The quantitative estimate of drug-likeness (QED) is 0.473. The number of methoxy groups -OCH3 is 1. The Kier molecular flexibility index (Phi) is 3.79. The molecular weight excluding hydrogens is 262 g/mol. The third-order valence-corrected chi connectivity index (χ3v) is 2.82. The van der Waals surface area contributed by atoms with E-state index in [4.69, 9.17) is 4.74 Å². The minimum atomic E-state index is -0.494. The second kappa shape index (κ2) is 5.52. The van der Waals surface area contributed by atoms with Crippen LogP contribution in [0.25, 0.3) is 0 Å². The Morgan fingerprint density at radius 3 is 2.80 bits per heavy atom. The van der Waals surface area contributed by atoms with Crippen molar-refractivity contribution in [2.75, 3.05) is 7.11 Å². The zero-order valence-electron chi connectivity index (χ0n) is 11.1. The predicted octanol–water partition coefficient (Wildman–Crippen LogP) is 2.05. The van der Waals surface area contributed by atoms with E-state index in [2.05, 4.69) is 5.10 Å². The third kappa shape index (κ3) is 2.82. The highest BCUT2D eigenvalue weighted by Crippen LogP contribution is 2.27. The van der Waals surface area contributed by atoms with Gasteiger partial charge in [0.05, 0.1) is 30.3 Å². The lowest BCUT2D eigenvalue weighted by Crippen LogP contribution is -2.02. The number of nitrogens with zero attached hydrogens (tertiary/aromatic N) is 3.